The van der Waals surface area contributed by atoms with Crippen molar-refractivity contribution < 1.29 is 15.0 Å². The number of hydrogen-bond donors (Lipinski definition) is 4. The Morgan fingerprint density at radius 1 is 1.34 bits per heavy atom. The third-order valence-corrected chi connectivity index (χ3v) is 6.37. The largest absolute Gasteiger partial charge is 0.506 e. The maximum absolute atomic E-state index is 12.3. The number of H-pyrrole nitrogens is 1. The van der Waals surface area contributed by atoms with Crippen molar-refractivity contribution in [2.45, 2.75) is 37.8 Å². The molecule has 4 rings (SSSR count). The summed E-state index contributed by atoms with van der Waals surface area (Å²) in [4.78, 5) is 27.4. The number of aromatic amines is 1. The SMILES string of the molecule is CC(C)NCc1cc2cc3c(cc2n1C)SCCc1c-3[nH]c(=O)c(C(=O)O)c1O. The maximum Gasteiger partial charge on any atom is 0.345 e. The second-order valence-corrected chi connectivity index (χ2v) is 8.71. The van der Waals surface area contributed by atoms with Crippen molar-refractivity contribution in [1.29, 1.82) is 0 Å². The molecular weight excluding hydrogens is 390 g/mol. The van der Waals surface area contributed by atoms with Crippen molar-refractivity contribution in [1.82, 2.24) is 14.9 Å². The molecule has 29 heavy (non-hydrogen) atoms. The molecule has 0 saturated heterocycles. The number of nitrogens with one attached hydrogen (secondary N) is 2. The van der Waals surface area contributed by atoms with E-state index in [9.17, 15) is 19.8 Å². The fourth-order valence-corrected chi connectivity index (χ4v) is 4.82. The van der Waals surface area contributed by atoms with Crippen LogP contribution in [-0.4, -0.2) is 37.5 Å². The third-order valence-electron chi connectivity index (χ3n) is 5.32. The van der Waals surface area contributed by atoms with Crippen LogP contribution in [0.2, 0.25) is 0 Å². The van der Waals surface area contributed by atoms with Gasteiger partial charge in [-0.25, -0.2) is 4.79 Å². The van der Waals surface area contributed by atoms with Gasteiger partial charge >= 0.3 is 5.97 Å². The third kappa shape index (κ3) is 3.32. The number of hydrogen-bond acceptors (Lipinski definition) is 5. The van der Waals surface area contributed by atoms with Crippen molar-refractivity contribution in [2.75, 3.05) is 5.75 Å². The van der Waals surface area contributed by atoms with Gasteiger partial charge in [-0.15, -0.1) is 11.8 Å². The lowest BCUT2D eigenvalue weighted by molar-refractivity contribution is 0.0691. The van der Waals surface area contributed by atoms with E-state index in [1.54, 1.807) is 11.8 Å². The fourth-order valence-electron chi connectivity index (χ4n) is 3.78. The van der Waals surface area contributed by atoms with Crippen LogP contribution >= 0.6 is 11.8 Å². The van der Waals surface area contributed by atoms with Crippen molar-refractivity contribution in [3.8, 4) is 17.0 Å². The highest BCUT2D eigenvalue weighted by Gasteiger charge is 2.26. The molecule has 0 atom stereocenters. The zero-order chi connectivity index (χ0) is 20.9. The topological polar surface area (TPSA) is 107 Å². The van der Waals surface area contributed by atoms with Gasteiger partial charge in [0.1, 0.15) is 5.75 Å². The van der Waals surface area contributed by atoms with E-state index in [1.165, 1.54) is 0 Å². The maximum atomic E-state index is 12.3. The van der Waals surface area contributed by atoms with Gasteiger partial charge in [-0.1, -0.05) is 13.8 Å². The summed E-state index contributed by atoms with van der Waals surface area (Å²) < 4.78 is 2.16. The zero-order valence-corrected chi connectivity index (χ0v) is 17.3. The number of rotatable bonds is 4. The molecule has 0 fully saturated rings. The van der Waals surface area contributed by atoms with Crippen LogP contribution < -0.4 is 10.9 Å². The van der Waals surface area contributed by atoms with Gasteiger partial charge in [0.05, 0.1) is 5.69 Å². The second kappa shape index (κ2) is 7.27. The van der Waals surface area contributed by atoms with Gasteiger partial charge in [-0.3, -0.25) is 4.79 Å². The molecule has 1 aromatic carbocycles. The van der Waals surface area contributed by atoms with Gasteiger partial charge in [0.15, 0.2) is 5.56 Å². The second-order valence-electron chi connectivity index (χ2n) is 7.57. The highest BCUT2D eigenvalue weighted by molar-refractivity contribution is 7.99. The molecule has 1 aliphatic heterocycles. The van der Waals surface area contributed by atoms with E-state index >= 15 is 0 Å². The van der Waals surface area contributed by atoms with Crippen molar-refractivity contribution in [3.05, 3.63) is 45.4 Å². The molecule has 2 aromatic heterocycles. The van der Waals surface area contributed by atoms with Crippen molar-refractivity contribution in [3.63, 3.8) is 0 Å². The lowest BCUT2D eigenvalue weighted by atomic mass is 9.99. The molecule has 0 radical (unpaired) electrons. The number of nitrogens with zero attached hydrogens (tertiary/aromatic N) is 1. The summed E-state index contributed by atoms with van der Waals surface area (Å²) in [6, 6.07) is 6.60. The number of carboxylic acid groups (broad SMARTS) is 1. The molecule has 8 heteroatoms. The first kappa shape index (κ1) is 19.6. The minimum Gasteiger partial charge on any atom is -0.506 e. The Labute approximate surface area is 171 Å². The van der Waals surface area contributed by atoms with E-state index in [0.29, 0.717) is 29.5 Å². The Balaban J connectivity index is 1.92. The summed E-state index contributed by atoms with van der Waals surface area (Å²) in [6.07, 6.45) is 0.470. The van der Waals surface area contributed by atoms with Crippen LogP contribution in [0, 0.1) is 0 Å². The van der Waals surface area contributed by atoms with Crippen LogP contribution in [0.1, 0.15) is 35.5 Å². The van der Waals surface area contributed by atoms with E-state index in [4.69, 9.17) is 0 Å². The Bertz CT molecular complexity index is 1190. The molecule has 3 aromatic rings. The molecule has 0 bridgehead atoms. The number of aromatic hydroxyl groups is 1. The predicted octanol–water partition coefficient (Wildman–Crippen LogP) is 3.08. The van der Waals surface area contributed by atoms with E-state index < -0.39 is 22.8 Å². The molecule has 0 saturated carbocycles. The Hall–Kier alpha value is -2.71. The summed E-state index contributed by atoms with van der Waals surface area (Å²) in [6.45, 7) is 4.95. The summed E-state index contributed by atoms with van der Waals surface area (Å²) in [7, 11) is 2.04. The van der Waals surface area contributed by atoms with Crippen LogP contribution in [0.15, 0.2) is 27.9 Å². The molecule has 0 aliphatic carbocycles. The van der Waals surface area contributed by atoms with Gasteiger partial charge in [-0.05, 0) is 24.6 Å². The van der Waals surface area contributed by atoms with Crippen molar-refractivity contribution in [2.24, 2.45) is 7.05 Å². The number of pyridine rings is 1. The average molecular weight is 413 g/mol. The number of fused-ring (bicyclic) bond motifs is 4. The van der Waals surface area contributed by atoms with E-state index in [-0.39, 0.29) is 0 Å². The Morgan fingerprint density at radius 3 is 2.79 bits per heavy atom. The number of aryl methyl sites for hydroxylation is 1. The number of carbonyl (C=O) groups is 1. The number of benzene rings is 1. The smallest absolute Gasteiger partial charge is 0.345 e. The molecule has 0 amide bonds. The molecule has 4 N–H and O–H groups in total. The Kier molecular flexibility index (Phi) is 4.92. The first-order valence-electron chi connectivity index (χ1n) is 9.48. The summed E-state index contributed by atoms with van der Waals surface area (Å²) in [5, 5.41) is 24.2. The summed E-state index contributed by atoms with van der Waals surface area (Å²) >= 11 is 1.64. The number of carboxylic acids is 1. The standard InChI is InChI=1S/C21H23N3O4S/c1-10(2)22-9-12-6-11-7-14-16(8-15(11)24(12)3)29-5-4-13-18(14)23-20(26)17(19(13)25)21(27)28/h6-8,10,22H,4-5,9H2,1-3H3,(H,27,28)(H2,23,25,26). The normalized spacial score (nSPS) is 13.4. The number of thioether (sulfide) groups is 1. The number of aromatic carboxylic acids is 1. The van der Waals surface area contributed by atoms with E-state index in [1.807, 2.05) is 13.1 Å². The molecule has 152 valence electrons. The minimum atomic E-state index is -1.43. The lowest BCUT2D eigenvalue weighted by Crippen LogP contribution is -2.22. The van der Waals surface area contributed by atoms with Gasteiger partial charge in [0.2, 0.25) is 0 Å². The fraction of sp³-hybridized carbons (Fsp3) is 0.333. The first-order valence-corrected chi connectivity index (χ1v) is 10.5. The van der Waals surface area contributed by atoms with Crippen molar-refractivity contribution >= 4 is 28.6 Å². The van der Waals surface area contributed by atoms with Crippen LogP contribution in [-0.2, 0) is 20.0 Å². The molecule has 0 spiro atoms. The molecular formula is C21H23N3O4S. The molecule has 7 nitrogen and oxygen atoms in total. The molecule has 1 aliphatic rings. The predicted molar refractivity (Wildman–Crippen MR) is 114 cm³/mol. The van der Waals surface area contributed by atoms with Crippen LogP contribution in [0.5, 0.6) is 5.75 Å². The number of aromatic nitrogens is 2. The van der Waals surface area contributed by atoms with Crippen LogP contribution in [0.3, 0.4) is 0 Å². The van der Waals surface area contributed by atoms with Crippen LogP contribution in [0.25, 0.3) is 22.2 Å². The lowest BCUT2D eigenvalue weighted by Gasteiger charge is -2.12. The van der Waals surface area contributed by atoms with Gasteiger partial charge in [0, 0.05) is 58.0 Å². The summed E-state index contributed by atoms with van der Waals surface area (Å²) in [5.41, 5.74) is 2.65. The quantitative estimate of drug-likeness (QED) is 0.524. The van der Waals surface area contributed by atoms with Gasteiger partial charge < -0.3 is 25.1 Å². The zero-order valence-electron chi connectivity index (χ0n) is 16.5. The monoisotopic (exact) mass is 413 g/mol. The van der Waals surface area contributed by atoms with E-state index in [0.717, 1.165) is 33.6 Å². The molecule has 3 heterocycles. The van der Waals surface area contributed by atoms with E-state index in [2.05, 4.69) is 40.8 Å². The highest BCUT2D eigenvalue weighted by Crippen LogP contribution is 2.42. The Morgan fingerprint density at radius 2 is 2.10 bits per heavy atom. The van der Waals surface area contributed by atoms with Gasteiger partial charge in [0.25, 0.3) is 5.56 Å². The van der Waals surface area contributed by atoms with Crippen LogP contribution in [0.4, 0.5) is 0 Å². The average Bonchev–Trinajstić information content (AvgIpc) is 2.83. The first-order chi connectivity index (χ1) is 13.8. The van der Waals surface area contributed by atoms with Gasteiger partial charge in [-0.2, -0.15) is 0 Å². The minimum absolute atomic E-state index is 0.378. The molecule has 0 unspecified atom stereocenters. The highest BCUT2D eigenvalue weighted by atomic mass is 32.2. The summed E-state index contributed by atoms with van der Waals surface area (Å²) in [5.74, 6) is -1.18.